The van der Waals surface area contributed by atoms with E-state index >= 15 is 0 Å². The fraction of sp³-hybridized carbons (Fsp3) is 0.188. The number of rotatable bonds is 5. The Morgan fingerprint density at radius 3 is 2.62 bits per heavy atom. The SMILES string of the molecule is C[C@@H](N)c1ccc(OCC(=O)Nc2cccc(Cl)c2)cc1. The van der Waals surface area contributed by atoms with Crippen LogP contribution in [0.1, 0.15) is 18.5 Å². The number of carbonyl (C=O) groups excluding carboxylic acids is 1. The van der Waals surface area contributed by atoms with Crippen molar-refractivity contribution in [3.63, 3.8) is 0 Å². The first kappa shape index (κ1) is 15.4. The zero-order valence-corrected chi connectivity index (χ0v) is 12.4. The maximum atomic E-state index is 11.8. The van der Waals surface area contributed by atoms with E-state index in [1.165, 1.54) is 0 Å². The van der Waals surface area contributed by atoms with Crippen molar-refractivity contribution in [2.45, 2.75) is 13.0 Å². The summed E-state index contributed by atoms with van der Waals surface area (Å²) < 4.78 is 5.42. The van der Waals surface area contributed by atoms with Crippen molar-refractivity contribution in [2.24, 2.45) is 5.73 Å². The lowest BCUT2D eigenvalue weighted by Gasteiger charge is -2.09. The van der Waals surface area contributed by atoms with Gasteiger partial charge in [-0.15, -0.1) is 0 Å². The zero-order chi connectivity index (χ0) is 15.2. The third-order valence-corrected chi connectivity index (χ3v) is 3.12. The number of nitrogens with two attached hydrogens (primary N) is 1. The second-order valence-corrected chi connectivity index (χ2v) is 5.14. The fourth-order valence-electron chi connectivity index (χ4n) is 1.78. The lowest BCUT2D eigenvalue weighted by molar-refractivity contribution is -0.118. The van der Waals surface area contributed by atoms with Gasteiger partial charge in [0.25, 0.3) is 5.91 Å². The van der Waals surface area contributed by atoms with Gasteiger partial charge in [-0.05, 0) is 42.8 Å². The lowest BCUT2D eigenvalue weighted by atomic mass is 10.1. The highest BCUT2D eigenvalue weighted by atomic mass is 35.5. The van der Waals surface area contributed by atoms with E-state index in [4.69, 9.17) is 22.1 Å². The molecule has 2 aromatic carbocycles. The summed E-state index contributed by atoms with van der Waals surface area (Å²) in [5.41, 5.74) is 7.43. The summed E-state index contributed by atoms with van der Waals surface area (Å²) in [7, 11) is 0. The predicted octanol–water partition coefficient (Wildman–Crippen LogP) is 3.38. The minimum Gasteiger partial charge on any atom is -0.484 e. The molecule has 2 aromatic rings. The summed E-state index contributed by atoms with van der Waals surface area (Å²) in [6.45, 7) is 1.85. The molecule has 2 rings (SSSR count). The molecule has 0 heterocycles. The van der Waals surface area contributed by atoms with Gasteiger partial charge in [0, 0.05) is 16.8 Å². The highest BCUT2D eigenvalue weighted by Crippen LogP contribution is 2.17. The van der Waals surface area contributed by atoms with Crippen LogP contribution in [0.2, 0.25) is 5.02 Å². The fourth-order valence-corrected chi connectivity index (χ4v) is 1.97. The van der Waals surface area contributed by atoms with Crippen molar-refractivity contribution in [1.82, 2.24) is 0 Å². The minimum atomic E-state index is -0.242. The van der Waals surface area contributed by atoms with Crippen LogP contribution in [0.15, 0.2) is 48.5 Å². The summed E-state index contributed by atoms with van der Waals surface area (Å²) in [6.07, 6.45) is 0. The number of hydrogen-bond acceptors (Lipinski definition) is 3. The first-order valence-corrected chi connectivity index (χ1v) is 6.96. The molecular weight excluding hydrogens is 288 g/mol. The Morgan fingerprint density at radius 1 is 1.29 bits per heavy atom. The van der Waals surface area contributed by atoms with Crippen molar-refractivity contribution >= 4 is 23.2 Å². The third-order valence-electron chi connectivity index (χ3n) is 2.88. The number of halogens is 1. The lowest BCUT2D eigenvalue weighted by Crippen LogP contribution is -2.20. The van der Waals surface area contributed by atoms with E-state index in [0.29, 0.717) is 16.5 Å². The summed E-state index contributed by atoms with van der Waals surface area (Å²) in [6, 6.07) is 14.3. The Bertz CT molecular complexity index is 612. The van der Waals surface area contributed by atoms with Gasteiger partial charge in [-0.2, -0.15) is 0 Å². The van der Waals surface area contributed by atoms with Gasteiger partial charge in [0.15, 0.2) is 6.61 Å². The van der Waals surface area contributed by atoms with Gasteiger partial charge in [0.1, 0.15) is 5.75 Å². The van der Waals surface area contributed by atoms with Crippen molar-refractivity contribution < 1.29 is 9.53 Å². The van der Waals surface area contributed by atoms with Crippen LogP contribution in [0.4, 0.5) is 5.69 Å². The molecule has 0 fully saturated rings. The highest BCUT2D eigenvalue weighted by Gasteiger charge is 2.05. The van der Waals surface area contributed by atoms with Gasteiger partial charge >= 0.3 is 0 Å². The number of nitrogens with one attached hydrogen (secondary N) is 1. The Labute approximate surface area is 128 Å². The molecule has 0 aromatic heterocycles. The molecule has 0 radical (unpaired) electrons. The third kappa shape index (κ3) is 4.77. The molecule has 0 bridgehead atoms. The Hall–Kier alpha value is -2.04. The first-order valence-electron chi connectivity index (χ1n) is 6.58. The molecule has 3 N–H and O–H groups in total. The minimum absolute atomic E-state index is 0.0230. The molecule has 0 unspecified atom stereocenters. The van der Waals surface area contributed by atoms with Crippen molar-refractivity contribution in [3.8, 4) is 5.75 Å². The normalized spacial score (nSPS) is 11.8. The van der Waals surface area contributed by atoms with Crippen LogP contribution >= 0.6 is 11.6 Å². The largest absolute Gasteiger partial charge is 0.484 e. The standard InChI is InChI=1S/C16H17ClN2O2/c1-11(18)12-5-7-15(8-6-12)21-10-16(20)19-14-4-2-3-13(17)9-14/h2-9,11H,10,18H2,1H3,(H,19,20)/t11-/m1/s1. The molecule has 0 saturated heterocycles. The van der Waals surface area contributed by atoms with Crippen molar-refractivity contribution in [2.75, 3.05) is 11.9 Å². The van der Waals surface area contributed by atoms with E-state index in [9.17, 15) is 4.79 Å². The molecule has 0 aliphatic heterocycles. The molecule has 0 aliphatic carbocycles. The summed E-state index contributed by atoms with van der Waals surface area (Å²) in [5.74, 6) is 0.384. The molecular formula is C16H17ClN2O2. The topological polar surface area (TPSA) is 64.3 Å². The summed E-state index contributed by atoms with van der Waals surface area (Å²) >= 11 is 5.85. The van der Waals surface area contributed by atoms with Crippen LogP contribution in [0, 0.1) is 0 Å². The van der Waals surface area contributed by atoms with Crippen LogP contribution in [0.3, 0.4) is 0 Å². The van der Waals surface area contributed by atoms with E-state index in [-0.39, 0.29) is 18.6 Å². The second kappa shape index (κ2) is 7.11. The van der Waals surface area contributed by atoms with Gasteiger partial charge in [0.2, 0.25) is 0 Å². The Balaban J connectivity index is 1.86. The van der Waals surface area contributed by atoms with Crippen LogP contribution in [-0.4, -0.2) is 12.5 Å². The summed E-state index contributed by atoms with van der Waals surface area (Å²) in [4.78, 5) is 11.8. The molecule has 21 heavy (non-hydrogen) atoms. The zero-order valence-electron chi connectivity index (χ0n) is 11.7. The number of amides is 1. The van der Waals surface area contributed by atoms with Crippen LogP contribution in [0.5, 0.6) is 5.75 Å². The van der Waals surface area contributed by atoms with Gasteiger partial charge in [0.05, 0.1) is 0 Å². The van der Waals surface area contributed by atoms with Crippen LogP contribution in [-0.2, 0) is 4.79 Å². The van der Waals surface area contributed by atoms with E-state index in [2.05, 4.69) is 5.32 Å². The molecule has 5 heteroatoms. The highest BCUT2D eigenvalue weighted by molar-refractivity contribution is 6.30. The van der Waals surface area contributed by atoms with E-state index < -0.39 is 0 Å². The molecule has 0 spiro atoms. The van der Waals surface area contributed by atoms with Gasteiger partial charge < -0.3 is 15.8 Å². The molecule has 1 atom stereocenters. The average molecular weight is 305 g/mol. The van der Waals surface area contributed by atoms with Gasteiger partial charge in [-0.1, -0.05) is 29.8 Å². The van der Waals surface area contributed by atoms with Crippen LogP contribution in [0.25, 0.3) is 0 Å². The Morgan fingerprint density at radius 2 is 2.00 bits per heavy atom. The van der Waals surface area contributed by atoms with E-state index in [1.807, 2.05) is 19.1 Å². The molecule has 4 nitrogen and oxygen atoms in total. The van der Waals surface area contributed by atoms with Crippen molar-refractivity contribution in [3.05, 3.63) is 59.1 Å². The van der Waals surface area contributed by atoms with Gasteiger partial charge in [-0.3, -0.25) is 4.79 Å². The maximum absolute atomic E-state index is 11.8. The average Bonchev–Trinajstić information content (AvgIpc) is 2.45. The number of carbonyl (C=O) groups is 1. The van der Waals surface area contributed by atoms with E-state index in [1.54, 1.807) is 36.4 Å². The number of ether oxygens (including phenoxy) is 1. The molecule has 110 valence electrons. The number of anilines is 1. The number of benzene rings is 2. The quantitative estimate of drug-likeness (QED) is 0.890. The number of hydrogen-bond donors (Lipinski definition) is 2. The van der Waals surface area contributed by atoms with Crippen LogP contribution < -0.4 is 15.8 Å². The maximum Gasteiger partial charge on any atom is 0.262 e. The smallest absolute Gasteiger partial charge is 0.262 e. The van der Waals surface area contributed by atoms with Crippen molar-refractivity contribution in [1.29, 1.82) is 0 Å². The molecule has 0 saturated carbocycles. The first-order chi connectivity index (χ1) is 10.0. The summed E-state index contributed by atoms with van der Waals surface area (Å²) in [5, 5.41) is 3.28. The molecule has 0 aliphatic rings. The second-order valence-electron chi connectivity index (χ2n) is 4.70. The van der Waals surface area contributed by atoms with Gasteiger partial charge in [-0.25, -0.2) is 0 Å². The predicted molar refractivity (Wildman–Crippen MR) is 84.6 cm³/mol. The Kier molecular flexibility index (Phi) is 5.20. The molecule has 1 amide bonds. The van der Waals surface area contributed by atoms with E-state index in [0.717, 1.165) is 5.56 Å². The monoisotopic (exact) mass is 304 g/mol.